The van der Waals surface area contributed by atoms with E-state index < -0.39 is 28.5 Å². The van der Waals surface area contributed by atoms with Gasteiger partial charge in [0.2, 0.25) is 21.8 Å². The molecule has 30 heavy (non-hydrogen) atoms. The van der Waals surface area contributed by atoms with Crippen LogP contribution in [0.2, 0.25) is 0 Å². The molecular weight excluding hydrogens is 585 g/mol. The summed E-state index contributed by atoms with van der Waals surface area (Å²) in [4.78, 5) is 26.8. The smallest absolute Gasteiger partial charge is 0.244 e. The molecule has 0 heterocycles. The fourth-order valence-corrected chi connectivity index (χ4v) is 4.27. The molecule has 0 saturated heterocycles. The number of carbonyl (C=O) groups excluding carboxylic acids is 2. The molecule has 0 aliphatic rings. The zero-order valence-electron chi connectivity index (χ0n) is 16.8. The first-order valence-electron chi connectivity index (χ1n) is 9.01. The second-order valence-corrected chi connectivity index (χ2v) is 10.8. The number of amides is 2. The Hall–Kier alpha value is -1.66. The van der Waals surface area contributed by atoms with E-state index in [9.17, 15) is 18.0 Å². The number of rotatable bonds is 8. The number of nitrogens with zero attached hydrogens (tertiary/aromatic N) is 2. The van der Waals surface area contributed by atoms with Gasteiger partial charge in [-0.05, 0) is 71.5 Å². The molecule has 0 saturated carbocycles. The Balaban J connectivity index is 2.35. The Morgan fingerprint density at radius 2 is 1.67 bits per heavy atom. The zero-order chi connectivity index (χ0) is 22.5. The van der Waals surface area contributed by atoms with Crippen LogP contribution in [-0.4, -0.2) is 51.0 Å². The minimum atomic E-state index is -3.71. The van der Waals surface area contributed by atoms with Crippen LogP contribution >= 0.6 is 38.5 Å². The van der Waals surface area contributed by atoms with E-state index in [0.717, 1.165) is 24.2 Å². The van der Waals surface area contributed by atoms with Crippen molar-refractivity contribution in [1.29, 1.82) is 0 Å². The first-order chi connectivity index (χ1) is 14.0. The summed E-state index contributed by atoms with van der Waals surface area (Å²) in [6.07, 6.45) is 1.06. The van der Waals surface area contributed by atoms with Gasteiger partial charge in [-0.2, -0.15) is 0 Å². The Morgan fingerprint density at radius 3 is 2.17 bits per heavy atom. The lowest BCUT2D eigenvalue weighted by atomic mass is 10.1. The first kappa shape index (κ1) is 24.6. The normalized spacial score (nSPS) is 12.2. The highest BCUT2D eigenvalue weighted by Crippen LogP contribution is 2.20. The molecule has 10 heteroatoms. The highest BCUT2D eigenvalue weighted by atomic mass is 127. The fraction of sp³-hybridized carbons (Fsp3) is 0.300. The Bertz CT molecular complexity index is 998. The van der Waals surface area contributed by atoms with E-state index in [1.54, 1.807) is 31.2 Å². The number of anilines is 1. The minimum absolute atomic E-state index is 0.172. The van der Waals surface area contributed by atoms with Gasteiger partial charge in [-0.1, -0.05) is 28.1 Å². The number of hydrogen-bond donors (Lipinski definition) is 1. The van der Waals surface area contributed by atoms with Gasteiger partial charge in [0.1, 0.15) is 12.6 Å². The van der Waals surface area contributed by atoms with Crippen molar-refractivity contribution in [2.45, 2.75) is 19.5 Å². The molecule has 0 aromatic heterocycles. The molecule has 162 valence electrons. The number of hydrogen-bond acceptors (Lipinski definition) is 4. The summed E-state index contributed by atoms with van der Waals surface area (Å²) in [6, 6.07) is 13.4. The number of nitrogens with one attached hydrogen (secondary N) is 1. The Labute approximate surface area is 199 Å². The highest BCUT2D eigenvalue weighted by molar-refractivity contribution is 14.1. The number of benzene rings is 2. The molecule has 0 bridgehead atoms. The van der Waals surface area contributed by atoms with Gasteiger partial charge >= 0.3 is 0 Å². The largest absolute Gasteiger partial charge is 0.357 e. The summed E-state index contributed by atoms with van der Waals surface area (Å²) in [5, 5.41) is 2.54. The van der Waals surface area contributed by atoms with E-state index in [-0.39, 0.29) is 12.5 Å². The number of likely N-dealkylation sites (N-methyl/N-ethyl adjacent to an activating group) is 1. The molecule has 0 unspecified atom stereocenters. The van der Waals surface area contributed by atoms with Gasteiger partial charge < -0.3 is 10.2 Å². The van der Waals surface area contributed by atoms with Crippen LogP contribution < -0.4 is 9.62 Å². The molecule has 0 aliphatic heterocycles. The standard InChI is InChI=1S/C20H23BrIN3O4S/c1-14(20(27)23-2)24(12-15-4-6-16(21)7-5-15)19(26)13-25(30(3,28)29)18-10-8-17(22)9-11-18/h4-11,14H,12-13H2,1-3H3,(H,23,27)/t14-/m0/s1. The molecule has 2 rings (SSSR count). The van der Waals surface area contributed by atoms with E-state index in [4.69, 9.17) is 0 Å². The summed E-state index contributed by atoms with van der Waals surface area (Å²) < 4.78 is 27.7. The molecule has 0 radical (unpaired) electrons. The molecular formula is C20H23BrIN3O4S. The van der Waals surface area contributed by atoms with Crippen LogP contribution in [0.3, 0.4) is 0 Å². The van der Waals surface area contributed by atoms with Crippen LogP contribution in [0.5, 0.6) is 0 Å². The van der Waals surface area contributed by atoms with Crippen molar-refractivity contribution >= 4 is 66.0 Å². The Kier molecular flexibility index (Phi) is 8.68. The zero-order valence-corrected chi connectivity index (χ0v) is 21.4. The lowest BCUT2D eigenvalue weighted by molar-refractivity contribution is -0.139. The molecule has 1 N–H and O–H groups in total. The molecule has 2 aromatic rings. The SMILES string of the molecule is CNC(=O)[C@H](C)N(Cc1ccc(Br)cc1)C(=O)CN(c1ccc(I)cc1)S(C)(=O)=O. The molecule has 0 spiro atoms. The summed E-state index contributed by atoms with van der Waals surface area (Å²) in [7, 11) is -2.22. The van der Waals surface area contributed by atoms with Crippen LogP contribution in [0.15, 0.2) is 53.0 Å². The third-order valence-corrected chi connectivity index (χ3v) is 6.86. The highest BCUT2D eigenvalue weighted by Gasteiger charge is 2.29. The predicted molar refractivity (Wildman–Crippen MR) is 130 cm³/mol. The number of carbonyl (C=O) groups is 2. The second-order valence-electron chi connectivity index (χ2n) is 6.68. The maximum Gasteiger partial charge on any atom is 0.244 e. The van der Waals surface area contributed by atoms with Crippen molar-refractivity contribution in [3.8, 4) is 0 Å². The van der Waals surface area contributed by atoms with E-state index in [2.05, 4.69) is 43.8 Å². The van der Waals surface area contributed by atoms with Crippen LogP contribution in [0, 0.1) is 3.57 Å². The van der Waals surface area contributed by atoms with Gasteiger partial charge in [-0.25, -0.2) is 8.42 Å². The lowest BCUT2D eigenvalue weighted by Gasteiger charge is -2.31. The molecule has 1 atom stereocenters. The summed E-state index contributed by atoms with van der Waals surface area (Å²) >= 11 is 5.49. The average Bonchev–Trinajstić information content (AvgIpc) is 2.70. The summed E-state index contributed by atoms with van der Waals surface area (Å²) in [5.74, 6) is -0.807. The van der Waals surface area contributed by atoms with Crippen LogP contribution in [0.1, 0.15) is 12.5 Å². The third kappa shape index (κ3) is 6.67. The van der Waals surface area contributed by atoms with Gasteiger partial charge in [0.25, 0.3) is 0 Å². The maximum absolute atomic E-state index is 13.2. The fourth-order valence-electron chi connectivity index (χ4n) is 2.80. The summed E-state index contributed by atoms with van der Waals surface area (Å²) in [6.45, 7) is 1.38. The molecule has 0 fully saturated rings. The maximum atomic E-state index is 13.2. The van der Waals surface area contributed by atoms with Crippen LogP contribution in [0.25, 0.3) is 0 Å². The minimum Gasteiger partial charge on any atom is -0.357 e. The monoisotopic (exact) mass is 607 g/mol. The van der Waals surface area contributed by atoms with Crippen molar-refractivity contribution in [3.63, 3.8) is 0 Å². The lowest BCUT2D eigenvalue weighted by Crippen LogP contribution is -2.50. The van der Waals surface area contributed by atoms with Gasteiger partial charge in [-0.3, -0.25) is 13.9 Å². The van der Waals surface area contributed by atoms with Gasteiger partial charge in [-0.15, -0.1) is 0 Å². The van der Waals surface area contributed by atoms with Crippen molar-refractivity contribution < 1.29 is 18.0 Å². The quantitative estimate of drug-likeness (QED) is 0.468. The Morgan fingerprint density at radius 1 is 1.10 bits per heavy atom. The average molecular weight is 608 g/mol. The first-order valence-corrected chi connectivity index (χ1v) is 12.7. The van der Waals surface area contributed by atoms with Crippen molar-refractivity contribution in [1.82, 2.24) is 10.2 Å². The number of halogens is 2. The third-order valence-electron chi connectivity index (χ3n) is 4.47. The second kappa shape index (κ2) is 10.6. The molecule has 2 amide bonds. The van der Waals surface area contributed by atoms with Gasteiger partial charge in [0, 0.05) is 21.6 Å². The van der Waals surface area contributed by atoms with Crippen molar-refractivity contribution in [2.24, 2.45) is 0 Å². The van der Waals surface area contributed by atoms with E-state index in [0.29, 0.717) is 5.69 Å². The van der Waals surface area contributed by atoms with E-state index in [1.807, 2.05) is 24.3 Å². The van der Waals surface area contributed by atoms with E-state index in [1.165, 1.54) is 11.9 Å². The van der Waals surface area contributed by atoms with Crippen LogP contribution in [0.4, 0.5) is 5.69 Å². The van der Waals surface area contributed by atoms with Gasteiger partial charge in [0.05, 0.1) is 11.9 Å². The topological polar surface area (TPSA) is 86.8 Å². The van der Waals surface area contributed by atoms with E-state index >= 15 is 0 Å². The van der Waals surface area contributed by atoms with Crippen molar-refractivity contribution in [2.75, 3.05) is 24.2 Å². The van der Waals surface area contributed by atoms with Crippen LogP contribution in [-0.2, 0) is 26.2 Å². The van der Waals surface area contributed by atoms with Crippen molar-refractivity contribution in [3.05, 3.63) is 62.1 Å². The molecule has 7 nitrogen and oxygen atoms in total. The van der Waals surface area contributed by atoms with Gasteiger partial charge in [0.15, 0.2) is 0 Å². The predicted octanol–water partition coefficient (Wildman–Crippen LogP) is 2.98. The number of sulfonamides is 1. The summed E-state index contributed by atoms with van der Waals surface area (Å²) in [5.41, 5.74) is 1.21. The molecule has 0 aliphatic carbocycles. The molecule has 2 aromatic carbocycles.